The molecule has 31 heavy (non-hydrogen) atoms. The molecule has 8 heteroatoms. The molecule has 2 amide bonds. The van der Waals surface area contributed by atoms with Crippen LogP contribution in [0.15, 0.2) is 36.4 Å². The lowest BCUT2D eigenvalue weighted by Gasteiger charge is -2.27. The van der Waals surface area contributed by atoms with E-state index in [1.54, 1.807) is 13.0 Å². The number of alkyl carbamates (subject to hydrolysis) is 1. The van der Waals surface area contributed by atoms with Gasteiger partial charge in [-0.3, -0.25) is 4.79 Å². The molecule has 0 spiro atoms. The van der Waals surface area contributed by atoms with Gasteiger partial charge in [0, 0.05) is 0 Å². The summed E-state index contributed by atoms with van der Waals surface area (Å²) in [4.78, 5) is 24.6. The van der Waals surface area contributed by atoms with Crippen molar-refractivity contribution in [2.45, 2.75) is 51.9 Å². The second-order valence-electron chi connectivity index (χ2n) is 8.60. The molecule has 8 nitrogen and oxygen atoms in total. The normalized spacial score (nSPS) is 17.8. The Labute approximate surface area is 180 Å². The molecule has 0 aliphatic carbocycles. The lowest BCUT2D eigenvalue weighted by Crippen LogP contribution is -2.36. The van der Waals surface area contributed by atoms with E-state index in [1.807, 2.05) is 51.1 Å². The first-order chi connectivity index (χ1) is 14.7. The number of carbonyl (C=O) groups excluding carboxylic acids is 2. The molecule has 2 aromatic rings. The second-order valence-corrected chi connectivity index (χ2v) is 8.60. The molecule has 0 aromatic heterocycles. The van der Waals surface area contributed by atoms with Gasteiger partial charge in [-0.2, -0.15) is 0 Å². The fourth-order valence-corrected chi connectivity index (χ4v) is 3.45. The quantitative estimate of drug-likeness (QED) is 0.769. The summed E-state index contributed by atoms with van der Waals surface area (Å²) < 4.78 is 21.9. The Hall–Kier alpha value is -3.42. The van der Waals surface area contributed by atoms with Crippen LogP contribution in [0.25, 0.3) is 0 Å². The van der Waals surface area contributed by atoms with Crippen molar-refractivity contribution in [3.63, 3.8) is 0 Å². The summed E-state index contributed by atoms with van der Waals surface area (Å²) >= 11 is 0. The van der Waals surface area contributed by atoms with Crippen LogP contribution in [0.5, 0.6) is 17.2 Å². The Kier molecular flexibility index (Phi) is 5.39. The highest BCUT2D eigenvalue weighted by Crippen LogP contribution is 2.36. The SMILES string of the molecule is CC1Oc2ccc(C(Cc3ccc4c(c3)OCO4)NC(=O)OC(C)(C)C)cc2NC1=O. The van der Waals surface area contributed by atoms with Crippen molar-refractivity contribution in [2.24, 2.45) is 0 Å². The summed E-state index contributed by atoms with van der Waals surface area (Å²) in [6, 6.07) is 10.8. The predicted octanol–water partition coefficient (Wildman–Crippen LogP) is 3.94. The fourth-order valence-electron chi connectivity index (χ4n) is 3.45. The molecule has 164 valence electrons. The summed E-state index contributed by atoms with van der Waals surface area (Å²) in [6.45, 7) is 7.32. The molecule has 2 unspecified atom stereocenters. The maximum absolute atomic E-state index is 12.5. The van der Waals surface area contributed by atoms with Crippen molar-refractivity contribution in [1.29, 1.82) is 0 Å². The minimum absolute atomic E-state index is 0.196. The van der Waals surface area contributed by atoms with Crippen LogP contribution in [0.4, 0.5) is 10.5 Å². The lowest BCUT2D eigenvalue weighted by atomic mass is 9.97. The van der Waals surface area contributed by atoms with Gasteiger partial charge < -0.3 is 29.6 Å². The summed E-state index contributed by atoms with van der Waals surface area (Å²) in [5.41, 5.74) is 1.71. The Morgan fingerprint density at radius 3 is 2.68 bits per heavy atom. The molecule has 2 aliphatic rings. The van der Waals surface area contributed by atoms with Crippen molar-refractivity contribution >= 4 is 17.7 Å². The Balaban J connectivity index is 1.61. The Morgan fingerprint density at radius 2 is 1.90 bits per heavy atom. The van der Waals surface area contributed by atoms with E-state index in [2.05, 4.69) is 10.6 Å². The third kappa shape index (κ3) is 4.84. The minimum Gasteiger partial charge on any atom is -0.479 e. The van der Waals surface area contributed by atoms with Crippen LogP contribution < -0.4 is 24.8 Å². The molecule has 2 aromatic carbocycles. The van der Waals surface area contributed by atoms with E-state index in [0.29, 0.717) is 29.4 Å². The van der Waals surface area contributed by atoms with Gasteiger partial charge in [0.05, 0.1) is 11.7 Å². The Bertz CT molecular complexity index is 1010. The molecular formula is C23H26N2O6. The van der Waals surface area contributed by atoms with Gasteiger partial charge in [0.1, 0.15) is 11.4 Å². The van der Waals surface area contributed by atoms with Gasteiger partial charge in [0.25, 0.3) is 5.91 Å². The highest BCUT2D eigenvalue weighted by atomic mass is 16.7. The number of hydrogen-bond acceptors (Lipinski definition) is 6. The van der Waals surface area contributed by atoms with E-state index < -0.39 is 23.8 Å². The summed E-state index contributed by atoms with van der Waals surface area (Å²) in [5, 5.41) is 5.80. The second kappa shape index (κ2) is 8.02. The van der Waals surface area contributed by atoms with Gasteiger partial charge in [-0.15, -0.1) is 0 Å². The number of carbonyl (C=O) groups is 2. The van der Waals surface area contributed by atoms with Crippen LogP contribution in [-0.4, -0.2) is 30.5 Å². The third-order valence-electron chi connectivity index (χ3n) is 4.90. The van der Waals surface area contributed by atoms with Crippen LogP contribution in [0, 0.1) is 0 Å². The average Bonchev–Trinajstić information content (AvgIpc) is 3.14. The number of nitrogens with one attached hydrogen (secondary N) is 2. The highest BCUT2D eigenvalue weighted by molar-refractivity contribution is 5.97. The number of ether oxygens (including phenoxy) is 4. The highest BCUT2D eigenvalue weighted by Gasteiger charge is 2.26. The maximum atomic E-state index is 12.5. The van der Waals surface area contributed by atoms with Crippen molar-refractivity contribution in [3.05, 3.63) is 47.5 Å². The van der Waals surface area contributed by atoms with Gasteiger partial charge in [0.15, 0.2) is 17.6 Å². The lowest BCUT2D eigenvalue weighted by molar-refractivity contribution is -0.122. The molecule has 2 N–H and O–H groups in total. The zero-order chi connectivity index (χ0) is 22.2. The van der Waals surface area contributed by atoms with Gasteiger partial charge in [-0.1, -0.05) is 12.1 Å². The smallest absolute Gasteiger partial charge is 0.408 e. The number of hydrogen-bond donors (Lipinski definition) is 2. The van der Waals surface area contributed by atoms with Gasteiger partial charge >= 0.3 is 6.09 Å². The topological polar surface area (TPSA) is 95.1 Å². The zero-order valence-electron chi connectivity index (χ0n) is 18.0. The standard InChI is InChI=1S/C23H26N2O6/c1-13-21(26)24-17-11-15(6-8-18(17)30-13)16(25-22(27)31-23(2,3)4)9-14-5-7-19-20(10-14)29-12-28-19/h5-8,10-11,13,16H,9,12H2,1-4H3,(H,24,26)(H,25,27). The first kappa shape index (κ1) is 20.8. The van der Waals surface area contributed by atoms with Crippen molar-refractivity contribution in [3.8, 4) is 17.2 Å². The molecule has 2 atom stereocenters. The fraction of sp³-hybridized carbons (Fsp3) is 0.391. The first-order valence-corrected chi connectivity index (χ1v) is 10.2. The predicted molar refractivity (Wildman–Crippen MR) is 114 cm³/mol. The molecule has 4 rings (SSSR count). The van der Waals surface area contributed by atoms with Crippen LogP contribution in [0.2, 0.25) is 0 Å². The number of fused-ring (bicyclic) bond motifs is 2. The molecule has 2 aliphatic heterocycles. The van der Waals surface area contributed by atoms with E-state index in [-0.39, 0.29) is 12.7 Å². The van der Waals surface area contributed by atoms with Crippen LogP contribution in [0.1, 0.15) is 44.9 Å². The van der Waals surface area contributed by atoms with Crippen LogP contribution in [0.3, 0.4) is 0 Å². The van der Waals surface area contributed by atoms with Gasteiger partial charge in [0.2, 0.25) is 6.79 Å². The monoisotopic (exact) mass is 426 g/mol. The molecule has 2 heterocycles. The summed E-state index contributed by atoms with van der Waals surface area (Å²) in [5.74, 6) is 1.75. The van der Waals surface area contributed by atoms with Gasteiger partial charge in [-0.05, 0) is 69.5 Å². The molecule has 0 bridgehead atoms. The van der Waals surface area contributed by atoms with E-state index >= 15 is 0 Å². The molecule has 0 saturated carbocycles. The van der Waals surface area contributed by atoms with Crippen molar-refractivity contribution < 1.29 is 28.5 Å². The number of amides is 2. The molecule has 0 saturated heterocycles. The third-order valence-corrected chi connectivity index (χ3v) is 4.90. The minimum atomic E-state index is -0.624. The first-order valence-electron chi connectivity index (χ1n) is 10.2. The number of benzene rings is 2. The largest absolute Gasteiger partial charge is 0.479 e. The van der Waals surface area contributed by atoms with E-state index in [4.69, 9.17) is 18.9 Å². The summed E-state index contributed by atoms with van der Waals surface area (Å²) in [6.07, 6.45) is -0.590. The average molecular weight is 426 g/mol. The molecule has 0 fully saturated rings. The summed E-state index contributed by atoms with van der Waals surface area (Å²) in [7, 11) is 0. The van der Waals surface area contributed by atoms with Crippen LogP contribution >= 0.6 is 0 Å². The van der Waals surface area contributed by atoms with Crippen molar-refractivity contribution in [1.82, 2.24) is 5.32 Å². The van der Waals surface area contributed by atoms with E-state index in [0.717, 1.165) is 11.1 Å². The molecular weight excluding hydrogens is 400 g/mol. The Morgan fingerprint density at radius 1 is 1.16 bits per heavy atom. The number of rotatable bonds is 4. The van der Waals surface area contributed by atoms with Crippen LogP contribution in [-0.2, 0) is 16.0 Å². The molecule has 0 radical (unpaired) electrons. The zero-order valence-corrected chi connectivity index (χ0v) is 18.0. The van der Waals surface area contributed by atoms with E-state index in [1.165, 1.54) is 0 Å². The number of anilines is 1. The van der Waals surface area contributed by atoms with Gasteiger partial charge in [-0.25, -0.2) is 4.79 Å². The van der Waals surface area contributed by atoms with E-state index in [9.17, 15) is 9.59 Å². The maximum Gasteiger partial charge on any atom is 0.408 e. The van der Waals surface area contributed by atoms with Crippen molar-refractivity contribution in [2.75, 3.05) is 12.1 Å².